The number of carbonyl (C=O) groups excluding carboxylic acids is 1. The molecule has 0 radical (unpaired) electrons. The number of halogens is 1. The van der Waals surface area contributed by atoms with E-state index in [0.29, 0.717) is 13.1 Å². The Kier molecular flexibility index (Phi) is 7.12. The number of nitrogens with zero attached hydrogens (tertiary/aromatic N) is 3. The molecule has 2 atom stereocenters. The molecule has 1 saturated heterocycles. The molecule has 28 heavy (non-hydrogen) atoms. The average molecular weight is 407 g/mol. The Hall–Kier alpha value is -2.05. The second-order valence-corrected chi connectivity index (χ2v) is 8.19. The summed E-state index contributed by atoms with van der Waals surface area (Å²) in [5.41, 5.74) is 1.22. The number of hydrogen-bond donors (Lipinski definition) is 1. The summed E-state index contributed by atoms with van der Waals surface area (Å²) in [4.78, 5) is 19.5. The molecule has 1 aliphatic rings. The van der Waals surface area contributed by atoms with E-state index in [1.54, 1.807) is 6.20 Å². The molecule has 2 unspecified atom stereocenters. The molecule has 0 bridgehead atoms. The zero-order valence-corrected chi connectivity index (χ0v) is 18.1. The van der Waals surface area contributed by atoms with Gasteiger partial charge in [0.15, 0.2) is 6.10 Å². The maximum Gasteiger partial charge on any atom is 0.264 e. The van der Waals surface area contributed by atoms with Gasteiger partial charge in [-0.15, -0.1) is 12.4 Å². The van der Waals surface area contributed by atoms with Crippen LogP contribution < -0.4 is 10.1 Å². The molecule has 2 heterocycles. The number of aryl methyl sites for hydroxylation is 1. The van der Waals surface area contributed by atoms with Crippen molar-refractivity contribution in [3.8, 4) is 5.75 Å². The van der Waals surface area contributed by atoms with Crippen LogP contribution in [0.2, 0.25) is 0 Å². The van der Waals surface area contributed by atoms with Crippen LogP contribution in [0.1, 0.15) is 45.1 Å². The fraction of sp³-hybridized carbons (Fsp3) is 0.524. The Morgan fingerprint density at radius 1 is 1.36 bits per heavy atom. The minimum atomic E-state index is -0.555. The molecule has 154 valence electrons. The maximum atomic E-state index is 13.1. The van der Waals surface area contributed by atoms with Crippen LogP contribution >= 0.6 is 12.4 Å². The molecule has 2 aromatic rings. The molecule has 1 fully saturated rings. The molecule has 1 aliphatic heterocycles. The van der Waals surface area contributed by atoms with E-state index in [1.807, 2.05) is 47.8 Å². The van der Waals surface area contributed by atoms with Crippen molar-refractivity contribution >= 4 is 18.3 Å². The van der Waals surface area contributed by atoms with Crippen molar-refractivity contribution in [1.82, 2.24) is 19.8 Å². The van der Waals surface area contributed by atoms with E-state index in [2.05, 4.69) is 37.1 Å². The van der Waals surface area contributed by atoms with Gasteiger partial charge in [-0.3, -0.25) is 4.79 Å². The number of aromatic nitrogens is 2. The summed E-state index contributed by atoms with van der Waals surface area (Å²) in [6.07, 6.45) is 3.12. The normalized spacial score (nSPS) is 18.3. The number of rotatable bonds is 4. The highest BCUT2D eigenvalue weighted by molar-refractivity contribution is 5.85. The molecular formula is C21H31ClN4O2. The van der Waals surface area contributed by atoms with Gasteiger partial charge in [0, 0.05) is 39.1 Å². The summed E-state index contributed by atoms with van der Waals surface area (Å²) in [5.74, 6) is 1.61. The van der Waals surface area contributed by atoms with Crippen LogP contribution in [0.15, 0.2) is 36.7 Å². The number of benzene rings is 1. The lowest BCUT2D eigenvalue weighted by Crippen LogP contribution is -2.52. The fourth-order valence-electron chi connectivity index (χ4n) is 3.42. The highest BCUT2D eigenvalue weighted by atomic mass is 35.5. The van der Waals surface area contributed by atoms with Crippen LogP contribution in [-0.2, 0) is 17.3 Å². The van der Waals surface area contributed by atoms with Crippen molar-refractivity contribution in [2.75, 3.05) is 19.6 Å². The summed E-state index contributed by atoms with van der Waals surface area (Å²) in [6, 6.07) is 7.92. The standard InChI is InChI=1S/C21H30N4O2.ClH/c1-15(27-17-8-6-7-16(13-17)21(2,3)4)20(26)25-12-9-22-14-18(25)19-23-10-11-24(19)5;/h6-8,10-11,13,15,18,22H,9,12,14H2,1-5H3;1H. The molecule has 1 N–H and O–H groups in total. The van der Waals surface area contributed by atoms with Crippen molar-refractivity contribution < 1.29 is 9.53 Å². The topological polar surface area (TPSA) is 59.4 Å². The van der Waals surface area contributed by atoms with E-state index in [0.717, 1.165) is 18.1 Å². The Morgan fingerprint density at radius 2 is 2.11 bits per heavy atom. The number of carbonyl (C=O) groups is 1. The Bertz CT molecular complexity index is 800. The van der Waals surface area contributed by atoms with Crippen LogP contribution in [0.3, 0.4) is 0 Å². The molecule has 1 aromatic carbocycles. The summed E-state index contributed by atoms with van der Waals surface area (Å²) in [6.45, 7) is 10.4. The first-order valence-electron chi connectivity index (χ1n) is 9.53. The molecule has 0 aliphatic carbocycles. The zero-order chi connectivity index (χ0) is 19.6. The monoisotopic (exact) mass is 406 g/mol. The Balaban J connectivity index is 0.00000280. The van der Waals surface area contributed by atoms with Crippen molar-refractivity contribution in [1.29, 1.82) is 0 Å². The van der Waals surface area contributed by atoms with E-state index in [4.69, 9.17) is 4.74 Å². The highest BCUT2D eigenvalue weighted by Gasteiger charge is 2.33. The van der Waals surface area contributed by atoms with Crippen LogP contribution in [0.25, 0.3) is 0 Å². The lowest BCUT2D eigenvalue weighted by atomic mass is 9.87. The fourth-order valence-corrected chi connectivity index (χ4v) is 3.42. The average Bonchev–Trinajstić information content (AvgIpc) is 3.06. The maximum absolute atomic E-state index is 13.1. The summed E-state index contributed by atoms with van der Waals surface area (Å²) < 4.78 is 7.99. The number of piperazine rings is 1. The van der Waals surface area contributed by atoms with Gasteiger partial charge in [-0.1, -0.05) is 32.9 Å². The molecule has 3 rings (SSSR count). The molecular weight excluding hydrogens is 376 g/mol. The number of hydrogen-bond acceptors (Lipinski definition) is 4. The van der Waals surface area contributed by atoms with Crippen LogP contribution in [0.5, 0.6) is 5.75 Å². The second kappa shape index (κ2) is 8.97. The predicted octanol–water partition coefficient (Wildman–Crippen LogP) is 3.08. The summed E-state index contributed by atoms with van der Waals surface area (Å²) in [7, 11) is 1.96. The SMILES string of the molecule is CC(Oc1cccc(C(C)(C)C)c1)C(=O)N1CCNCC1c1nccn1C.Cl. The van der Waals surface area contributed by atoms with Gasteiger partial charge < -0.3 is 19.5 Å². The molecule has 0 saturated carbocycles. The van der Waals surface area contributed by atoms with E-state index in [1.165, 1.54) is 5.56 Å². The first kappa shape index (κ1) is 22.2. The Morgan fingerprint density at radius 3 is 2.75 bits per heavy atom. The smallest absolute Gasteiger partial charge is 0.264 e. The van der Waals surface area contributed by atoms with E-state index in [-0.39, 0.29) is 29.8 Å². The lowest BCUT2D eigenvalue weighted by molar-refractivity contribution is -0.141. The van der Waals surface area contributed by atoms with E-state index in [9.17, 15) is 4.79 Å². The van der Waals surface area contributed by atoms with Gasteiger partial charge in [-0.25, -0.2) is 4.98 Å². The highest BCUT2D eigenvalue weighted by Crippen LogP contribution is 2.27. The van der Waals surface area contributed by atoms with Gasteiger partial charge in [0.1, 0.15) is 17.6 Å². The van der Waals surface area contributed by atoms with E-state index < -0.39 is 6.10 Å². The molecule has 1 amide bonds. The van der Waals surface area contributed by atoms with Gasteiger partial charge in [-0.05, 0) is 30.0 Å². The minimum Gasteiger partial charge on any atom is -0.481 e. The molecule has 0 spiro atoms. The zero-order valence-electron chi connectivity index (χ0n) is 17.3. The quantitative estimate of drug-likeness (QED) is 0.847. The van der Waals surface area contributed by atoms with Gasteiger partial charge in [0.05, 0.1) is 0 Å². The molecule has 1 aromatic heterocycles. The summed E-state index contributed by atoms with van der Waals surface area (Å²) >= 11 is 0. The minimum absolute atomic E-state index is 0. The van der Waals surface area contributed by atoms with Crippen molar-refractivity contribution in [3.63, 3.8) is 0 Å². The number of imidazole rings is 1. The second-order valence-electron chi connectivity index (χ2n) is 8.19. The predicted molar refractivity (Wildman–Crippen MR) is 113 cm³/mol. The first-order chi connectivity index (χ1) is 12.8. The Labute approximate surface area is 173 Å². The third kappa shape index (κ3) is 4.86. The van der Waals surface area contributed by atoms with Crippen molar-refractivity contribution in [2.24, 2.45) is 7.05 Å². The van der Waals surface area contributed by atoms with Gasteiger partial charge in [0.25, 0.3) is 5.91 Å². The van der Waals surface area contributed by atoms with Gasteiger partial charge >= 0.3 is 0 Å². The third-order valence-electron chi connectivity index (χ3n) is 5.04. The van der Waals surface area contributed by atoms with Crippen LogP contribution in [-0.4, -0.2) is 46.1 Å². The number of amides is 1. The number of nitrogens with one attached hydrogen (secondary N) is 1. The third-order valence-corrected chi connectivity index (χ3v) is 5.04. The van der Waals surface area contributed by atoms with E-state index >= 15 is 0 Å². The van der Waals surface area contributed by atoms with Crippen LogP contribution in [0.4, 0.5) is 0 Å². The number of ether oxygens (including phenoxy) is 1. The largest absolute Gasteiger partial charge is 0.481 e. The van der Waals surface area contributed by atoms with Crippen LogP contribution in [0, 0.1) is 0 Å². The van der Waals surface area contributed by atoms with Crippen molar-refractivity contribution in [3.05, 3.63) is 48.0 Å². The molecule has 6 nitrogen and oxygen atoms in total. The molecule has 7 heteroatoms. The summed E-state index contributed by atoms with van der Waals surface area (Å²) in [5, 5.41) is 3.36. The lowest BCUT2D eigenvalue weighted by Gasteiger charge is -2.37. The van der Waals surface area contributed by atoms with Crippen molar-refractivity contribution in [2.45, 2.75) is 45.3 Å². The van der Waals surface area contributed by atoms with Gasteiger partial charge in [-0.2, -0.15) is 0 Å². The first-order valence-corrected chi connectivity index (χ1v) is 9.53. The van der Waals surface area contributed by atoms with Gasteiger partial charge in [0.2, 0.25) is 0 Å².